The lowest BCUT2D eigenvalue weighted by Gasteiger charge is -2.28. The Morgan fingerprint density at radius 2 is 1.66 bits per heavy atom. The van der Waals surface area contributed by atoms with Gasteiger partial charge in [-0.3, -0.25) is 4.79 Å². The summed E-state index contributed by atoms with van der Waals surface area (Å²) in [6.45, 7) is 2.16. The highest BCUT2D eigenvalue weighted by atomic mass is 32.2. The second kappa shape index (κ2) is 9.41. The molecule has 2 bridgehead atoms. The maximum atomic E-state index is 12.6. The Kier molecular flexibility index (Phi) is 6.21. The fourth-order valence-electron chi connectivity index (χ4n) is 5.40. The Hall–Kier alpha value is -2.73. The third-order valence-corrected chi connectivity index (χ3v) is 7.76. The van der Waals surface area contributed by atoms with Gasteiger partial charge >= 0.3 is 0 Å². The first-order valence-corrected chi connectivity index (χ1v) is 12.4. The molecule has 5 nitrogen and oxygen atoms in total. The van der Waals surface area contributed by atoms with E-state index in [1.54, 1.807) is 0 Å². The molecule has 2 aromatic carbocycles. The first-order chi connectivity index (χ1) is 15.7. The van der Waals surface area contributed by atoms with Gasteiger partial charge in [0, 0.05) is 17.2 Å². The molecule has 3 aromatic rings. The topological polar surface area (TPSA) is 67.8 Å². The summed E-state index contributed by atoms with van der Waals surface area (Å²) in [5, 5.41) is 12.6. The number of nitrogens with one attached hydrogen (secondary N) is 1. The van der Waals surface area contributed by atoms with Crippen LogP contribution >= 0.6 is 11.8 Å². The molecule has 2 saturated carbocycles. The zero-order valence-electron chi connectivity index (χ0n) is 18.3. The molecule has 1 heterocycles. The number of carbonyl (C=O) groups is 1. The van der Waals surface area contributed by atoms with E-state index in [2.05, 4.69) is 22.4 Å². The number of fused-ring (bicyclic) bond motifs is 2. The van der Waals surface area contributed by atoms with Gasteiger partial charge in [-0.05, 0) is 43.9 Å². The number of amides is 1. The summed E-state index contributed by atoms with van der Waals surface area (Å²) in [5.74, 6) is 2.66. The Bertz CT molecular complexity index is 1080. The fourth-order valence-corrected chi connectivity index (χ4v) is 6.00. The zero-order valence-corrected chi connectivity index (χ0v) is 19.1. The second-order valence-corrected chi connectivity index (χ2v) is 9.95. The molecule has 0 radical (unpaired) electrons. The zero-order chi connectivity index (χ0) is 21.9. The summed E-state index contributed by atoms with van der Waals surface area (Å²) in [4.78, 5) is 17.4. The maximum Gasteiger partial charge on any atom is 0.230 e. The molecule has 164 valence electrons. The molecule has 5 rings (SSSR count). The van der Waals surface area contributed by atoms with Crippen molar-refractivity contribution in [2.75, 3.05) is 5.75 Å². The second-order valence-electron chi connectivity index (χ2n) is 9.01. The predicted octanol–water partition coefficient (Wildman–Crippen LogP) is 5.24. The quantitative estimate of drug-likeness (QED) is 0.505. The van der Waals surface area contributed by atoms with E-state index in [4.69, 9.17) is 4.98 Å². The Balaban J connectivity index is 1.28. The van der Waals surface area contributed by atoms with Crippen molar-refractivity contribution in [3.63, 3.8) is 0 Å². The molecule has 0 saturated heterocycles. The van der Waals surface area contributed by atoms with Gasteiger partial charge in [-0.15, -0.1) is 10.2 Å². The summed E-state index contributed by atoms with van der Waals surface area (Å²) in [6, 6.07) is 20.2. The lowest BCUT2D eigenvalue weighted by Crippen LogP contribution is -2.40. The minimum absolute atomic E-state index is 0.0438. The normalized spacial score (nSPS) is 22.6. The first-order valence-electron chi connectivity index (χ1n) is 11.4. The van der Waals surface area contributed by atoms with E-state index in [0.717, 1.165) is 34.4 Å². The number of hydrogen-bond donors (Lipinski definition) is 1. The number of benzene rings is 2. The third kappa shape index (κ3) is 4.56. The average molecular weight is 445 g/mol. The van der Waals surface area contributed by atoms with Crippen LogP contribution in [0.1, 0.15) is 32.6 Å². The van der Waals surface area contributed by atoms with E-state index in [1.807, 2.05) is 60.7 Å². The van der Waals surface area contributed by atoms with Gasteiger partial charge < -0.3 is 5.32 Å². The lowest BCUT2D eigenvalue weighted by atomic mass is 9.84. The van der Waals surface area contributed by atoms with Gasteiger partial charge in [0.1, 0.15) is 11.4 Å². The smallest absolute Gasteiger partial charge is 0.230 e. The van der Waals surface area contributed by atoms with E-state index in [-0.39, 0.29) is 11.9 Å². The van der Waals surface area contributed by atoms with Crippen LogP contribution in [0.4, 0.5) is 0 Å². The van der Waals surface area contributed by atoms with Crippen LogP contribution < -0.4 is 5.32 Å². The molecule has 1 amide bonds. The molecular formula is C26H28N4OS. The molecule has 2 aliphatic carbocycles. The molecule has 1 N–H and O–H groups in total. The van der Waals surface area contributed by atoms with E-state index in [1.165, 1.54) is 37.4 Å². The Morgan fingerprint density at radius 1 is 0.969 bits per heavy atom. The standard InChI is InChI=1S/C26H28N4OS/c1-17(22-15-18-12-13-21(22)14-18)27-23(31)16-32-26-28-24(19-8-4-2-5-9-19)25(29-30-26)20-10-6-3-7-11-20/h2-11,17-18,21-22H,12-16H2,1H3,(H,27,31)/t17-,18+,21+,22-/m0/s1. The summed E-state index contributed by atoms with van der Waals surface area (Å²) in [6.07, 6.45) is 5.34. The van der Waals surface area contributed by atoms with Crippen molar-refractivity contribution in [2.45, 2.75) is 43.8 Å². The largest absolute Gasteiger partial charge is 0.353 e. The number of rotatable bonds is 7. The number of aromatic nitrogens is 3. The minimum Gasteiger partial charge on any atom is -0.353 e. The summed E-state index contributed by atoms with van der Waals surface area (Å²) in [7, 11) is 0. The van der Waals surface area contributed by atoms with E-state index < -0.39 is 0 Å². The van der Waals surface area contributed by atoms with Crippen LogP contribution in [0.15, 0.2) is 65.8 Å². The summed E-state index contributed by atoms with van der Waals surface area (Å²) in [5.41, 5.74) is 3.48. The number of nitrogens with zero attached hydrogens (tertiary/aromatic N) is 3. The van der Waals surface area contributed by atoms with Gasteiger partial charge in [0.05, 0.1) is 5.75 Å². The van der Waals surface area contributed by atoms with Gasteiger partial charge in [0.25, 0.3) is 0 Å². The number of hydrogen-bond acceptors (Lipinski definition) is 5. The Morgan fingerprint density at radius 3 is 2.28 bits per heavy atom. The molecule has 0 unspecified atom stereocenters. The molecule has 0 aliphatic heterocycles. The van der Waals surface area contributed by atoms with E-state index in [9.17, 15) is 4.79 Å². The number of thioether (sulfide) groups is 1. The summed E-state index contributed by atoms with van der Waals surface area (Å²) < 4.78 is 0. The van der Waals surface area contributed by atoms with Crippen LogP contribution in [0, 0.1) is 17.8 Å². The highest BCUT2D eigenvalue weighted by Gasteiger charge is 2.42. The van der Waals surface area contributed by atoms with Crippen molar-refractivity contribution in [1.82, 2.24) is 20.5 Å². The SMILES string of the molecule is C[C@H](NC(=O)CSc1nnc(-c2ccccc2)c(-c2ccccc2)n1)[C@@H]1C[C@@H]2CC[C@@H]1C2. The van der Waals surface area contributed by atoms with Gasteiger partial charge in [-0.2, -0.15) is 0 Å². The van der Waals surface area contributed by atoms with Crippen molar-refractivity contribution >= 4 is 17.7 Å². The molecule has 4 atom stereocenters. The van der Waals surface area contributed by atoms with Gasteiger partial charge in [-0.25, -0.2) is 4.98 Å². The van der Waals surface area contributed by atoms with Crippen LogP contribution in [0.3, 0.4) is 0 Å². The lowest BCUT2D eigenvalue weighted by molar-refractivity contribution is -0.119. The van der Waals surface area contributed by atoms with Crippen molar-refractivity contribution < 1.29 is 4.79 Å². The number of carbonyl (C=O) groups excluding carboxylic acids is 1. The summed E-state index contributed by atoms with van der Waals surface area (Å²) >= 11 is 1.34. The van der Waals surface area contributed by atoms with Crippen LogP contribution in [0.5, 0.6) is 0 Å². The minimum atomic E-state index is 0.0438. The molecule has 32 heavy (non-hydrogen) atoms. The van der Waals surface area contributed by atoms with Gasteiger partial charge in [0.2, 0.25) is 11.1 Å². The van der Waals surface area contributed by atoms with E-state index in [0.29, 0.717) is 16.8 Å². The predicted molar refractivity (Wildman–Crippen MR) is 128 cm³/mol. The molecule has 0 spiro atoms. The molecule has 2 aliphatic rings. The molecule has 6 heteroatoms. The van der Waals surface area contributed by atoms with Gasteiger partial charge in [0.15, 0.2) is 0 Å². The van der Waals surface area contributed by atoms with E-state index >= 15 is 0 Å². The monoisotopic (exact) mass is 444 g/mol. The highest BCUT2D eigenvalue weighted by molar-refractivity contribution is 7.99. The average Bonchev–Trinajstić information content (AvgIpc) is 3.48. The molecule has 1 aromatic heterocycles. The van der Waals surface area contributed by atoms with Crippen molar-refractivity contribution in [2.24, 2.45) is 17.8 Å². The maximum absolute atomic E-state index is 12.6. The first kappa shape index (κ1) is 21.1. The van der Waals surface area contributed by atoms with Crippen LogP contribution in [-0.2, 0) is 4.79 Å². The van der Waals surface area contributed by atoms with Gasteiger partial charge in [-0.1, -0.05) is 78.8 Å². The highest BCUT2D eigenvalue weighted by Crippen LogP contribution is 2.49. The van der Waals surface area contributed by atoms with Crippen molar-refractivity contribution in [3.8, 4) is 22.5 Å². The van der Waals surface area contributed by atoms with Crippen LogP contribution in [-0.4, -0.2) is 32.9 Å². The fraction of sp³-hybridized carbons (Fsp3) is 0.385. The van der Waals surface area contributed by atoms with Crippen LogP contribution in [0.2, 0.25) is 0 Å². The molecule has 2 fully saturated rings. The Labute approximate surface area is 193 Å². The molecular weight excluding hydrogens is 416 g/mol. The van der Waals surface area contributed by atoms with Crippen molar-refractivity contribution in [3.05, 3.63) is 60.7 Å². The van der Waals surface area contributed by atoms with Crippen LogP contribution in [0.25, 0.3) is 22.5 Å². The van der Waals surface area contributed by atoms with Crippen molar-refractivity contribution in [1.29, 1.82) is 0 Å². The third-order valence-electron chi connectivity index (χ3n) is 6.92.